The van der Waals surface area contributed by atoms with Crippen molar-refractivity contribution in [3.8, 4) is 5.75 Å². The maximum Gasteiger partial charge on any atom is 0.137 e. The number of nitrogens with zero attached hydrogens (tertiary/aromatic N) is 2. The standard InChI is InChI=1S/C19H27N3O2/c1-20-10-14-5-4-8-22(12-14)13-19(23)16-6-3-7-18-17(16)9-15(24-2)11-21-18/h3,6-7,9,11,14,19-20,23H,4-5,8,10,12-13H2,1-2H3. The Hall–Kier alpha value is -1.69. The molecule has 5 nitrogen and oxygen atoms in total. The second kappa shape index (κ2) is 7.92. The number of β-amino-alcohol motifs (C(OH)–C–C–N with tert-alkyl or cyclic N) is 1. The Kier molecular flexibility index (Phi) is 5.66. The van der Waals surface area contributed by atoms with Crippen molar-refractivity contribution < 1.29 is 9.84 Å². The minimum absolute atomic E-state index is 0.518. The number of hydrogen-bond acceptors (Lipinski definition) is 5. The van der Waals surface area contributed by atoms with E-state index in [2.05, 4.69) is 15.2 Å². The number of fused-ring (bicyclic) bond motifs is 1. The predicted octanol–water partition coefficient (Wildman–Crippen LogP) is 2.21. The fourth-order valence-corrected chi connectivity index (χ4v) is 3.67. The molecule has 2 aromatic rings. The summed E-state index contributed by atoms with van der Waals surface area (Å²) in [5, 5.41) is 15.1. The summed E-state index contributed by atoms with van der Waals surface area (Å²) in [4.78, 5) is 6.80. The fourth-order valence-electron chi connectivity index (χ4n) is 3.67. The second-order valence-electron chi connectivity index (χ2n) is 6.63. The number of likely N-dealkylation sites (tertiary alicyclic amines) is 1. The molecule has 24 heavy (non-hydrogen) atoms. The van der Waals surface area contributed by atoms with Gasteiger partial charge in [-0.15, -0.1) is 0 Å². The number of methoxy groups -OCH3 is 1. The van der Waals surface area contributed by atoms with Gasteiger partial charge in [0.2, 0.25) is 0 Å². The van der Waals surface area contributed by atoms with Crippen LogP contribution in [0.3, 0.4) is 0 Å². The fraction of sp³-hybridized carbons (Fsp3) is 0.526. The molecule has 2 N–H and O–H groups in total. The molecule has 3 rings (SSSR count). The third-order valence-corrected chi connectivity index (χ3v) is 4.86. The number of aliphatic hydroxyl groups is 1. The van der Waals surface area contributed by atoms with Crippen LogP contribution < -0.4 is 10.1 Å². The Morgan fingerprint density at radius 3 is 3.12 bits per heavy atom. The lowest BCUT2D eigenvalue weighted by atomic mass is 9.96. The first-order chi connectivity index (χ1) is 11.7. The molecule has 2 heterocycles. The normalized spacial score (nSPS) is 20.2. The van der Waals surface area contributed by atoms with Crippen LogP contribution in [0.25, 0.3) is 10.9 Å². The Balaban J connectivity index is 1.77. The molecule has 5 heteroatoms. The van der Waals surface area contributed by atoms with Crippen LogP contribution in [0.15, 0.2) is 30.5 Å². The molecule has 2 atom stereocenters. The van der Waals surface area contributed by atoms with Gasteiger partial charge in [-0.25, -0.2) is 0 Å². The monoisotopic (exact) mass is 329 g/mol. The van der Waals surface area contributed by atoms with Gasteiger partial charge in [-0.2, -0.15) is 0 Å². The molecule has 1 aromatic carbocycles. The first-order valence-electron chi connectivity index (χ1n) is 8.69. The van der Waals surface area contributed by atoms with Crippen molar-refractivity contribution >= 4 is 10.9 Å². The van der Waals surface area contributed by atoms with E-state index < -0.39 is 6.10 Å². The minimum Gasteiger partial charge on any atom is -0.495 e. The van der Waals surface area contributed by atoms with E-state index >= 15 is 0 Å². The summed E-state index contributed by atoms with van der Waals surface area (Å²) in [6.45, 7) is 3.81. The predicted molar refractivity (Wildman–Crippen MR) is 96.3 cm³/mol. The summed E-state index contributed by atoms with van der Waals surface area (Å²) in [7, 11) is 3.64. The summed E-state index contributed by atoms with van der Waals surface area (Å²) in [6, 6.07) is 7.87. The topological polar surface area (TPSA) is 57.6 Å². The SMILES string of the molecule is CNCC1CCCN(CC(O)c2cccc3ncc(OC)cc23)C1. The molecule has 1 aliphatic heterocycles. The van der Waals surface area contributed by atoms with Crippen LogP contribution in [-0.4, -0.2) is 55.3 Å². The number of nitrogens with one attached hydrogen (secondary N) is 1. The lowest BCUT2D eigenvalue weighted by Crippen LogP contribution is -2.40. The molecule has 1 aliphatic rings. The van der Waals surface area contributed by atoms with Crippen LogP contribution in [0.4, 0.5) is 0 Å². The van der Waals surface area contributed by atoms with E-state index in [1.54, 1.807) is 13.3 Å². The van der Waals surface area contributed by atoms with Crippen LogP contribution >= 0.6 is 0 Å². The number of pyridine rings is 1. The van der Waals surface area contributed by atoms with Gasteiger partial charge in [0.1, 0.15) is 5.75 Å². The van der Waals surface area contributed by atoms with Crippen LogP contribution in [0.1, 0.15) is 24.5 Å². The Morgan fingerprint density at radius 1 is 1.46 bits per heavy atom. The highest BCUT2D eigenvalue weighted by atomic mass is 16.5. The zero-order valence-corrected chi connectivity index (χ0v) is 14.5. The van der Waals surface area contributed by atoms with Gasteiger partial charge in [0.05, 0.1) is 24.9 Å². The summed E-state index contributed by atoms with van der Waals surface area (Å²) in [6.07, 6.45) is 3.66. The number of ether oxygens (including phenoxy) is 1. The zero-order valence-electron chi connectivity index (χ0n) is 14.5. The van der Waals surface area contributed by atoms with E-state index in [1.165, 1.54) is 12.8 Å². The molecule has 0 spiro atoms. The average molecular weight is 329 g/mol. The molecule has 0 aliphatic carbocycles. The van der Waals surface area contributed by atoms with Gasteiger partial charge in [-0.3, -0.25) is 4.98 Å². The Bertz CT molecular complexity index is 675. The third-order valence-electron chi connectivity index (χ3n) is 4.86. The van der Waals surface area contributed by atoms with Gasteiger partial charge >= 0.3 is 0 Å². The number of benzene rings is 1. The molecule has 1 fully saturated rings. The molecule has 0 amide bonds. The third kappa shape index (κ3) is 3.86. The van der Waals surface area contributed by atoms with Crippen LogP contribution in [-0.2, 0) is 0 Å². The zero-order chi connectivity index (χ0) is 16.9. The number of piperidine rings is 1. The number of rotatable bonds is 6. The quantitative estimate of drug-likeness (QED) is 0.851. The number of aliphatic hydroxyl groups excluding tert-OH is 1. The first-order valence-corrected chi connectivity index (χ1v) is 8.69. The van der Waals surface area contributed by atoms with Gasteiger partial charge in [0.25, 0.3) is 0 Å². The van der Waals surface area contributed by atoms with Gasteiger partial charge < -0.3 is 20.1 Å². The Morgan fingerprint density at radius 2 is 2.33 bits per heavy atom. The summed E-state index contributed by atoms with van der Waals surface area (Å²) >= 11 is 0. The van der Waals surface area contributed by atoms with Crippen molar-refractivity contribution in [1.29, 1.82) is 0 Å². The van der Waals surface area contributed by atoms with E-state index in [9.17, 15) is 5.11 Å². The molecular formula is C19H27N3O2. The number of hydrogen-bond donors (Lipinski definition) is 2. The van der Waals surface area contributed by atoms with Gasteiger partial charge in [-0.1, -0.05) is 12.1 Å². The molecule has 1 saturated heterocycles. The van der Waals surface area contributed by atoms with Crippen molar-refractivity contribution in [2.24, 2.45) is 5.92 Å². The Labute approximate surface area is 143 Å². The molecule has 2 unspecified atom stereocenters. The van der Waals surface area contributed by atoms with Crippen LogP contribution in [0.5, 0.6) is 5.75 Å². The highest BCUT2D eigenvalue weighted by molar-refractivity contribution is 5.83. The van der Waals surface area contributed by atoms with E-state index in [-0.39, 0.29) is 0 Å². The molecule has 130 valence electrons. The van der Waals surface area contributed by atoms with Crippen LogP contribution in [0, 0.1) is 5.92 Å². The van der Waals surface area contributed by atoms with E-state index in [0.29, 0.717) is 18.2 Å². The van der Waals surface area contributed by atoms with E-state index in [1.807, 2.05) is 31.3 Å². The number of aromatic nitrogens is 1. The van der Waals surface area contributed by atoms with Crippen molar-refractivity contribution in [2.45, 2.75) is 18.9 Å². The highest BCUT2D eigenvalue weighted by Crippen LogP contribution is 2.28. The lowest BCUT2D eigenvalue weighted by molar-refractivity contribution is 0.0853. The first kappa shape index (κ1) is 17.1. The molecule has 1 aromatic heterocycles. The molecule has 0 saturated carbocycles. The van der Waals surface area contributed by atoms with E-state index in [0.717, 1.165) is 36.1 Å². The maximum atomic E-state index is 10.8. The average Bonchev–Trinajstić information content (AvgIpc) is 2.61. The van der Waals surface area contributed by atoms with Crippen molar-refractivity contribution in [3.05, 3.63) is 36.0 Å². The summed E-state index contributed by atoms with van der Waals surface area (Å²) in [5.41, 5.74) is 1.81. The minimum atomic E-state index is -0.518. The van der Waals surface area contributed by atoms with Crippen molar-refractivity contribution in [3.63, 3.8) is 0 Å². The smallest absolute Gasteiger partial charge is 0.137 e. The largest absolute Gasteiger partial charge is 0.495 e. The van der Waals surface area contributed by atoms with Crippen LogP contribution in [0.2, 0.25) is 0 Å². The van der Waals surface area contributed by atoms with Gasteiger partial charge in [0.15, 0.2) is 0 Å². The van der Waals surface area contributed by atoms with Crippen molar-refractivity contribution in [2.75, 3.05) is 40.3 Å². The summed E-state index contributed by atoms with van der Waals surface area (Å²) in [5.74, 6) is 1.39. The van der Waals surface area contributed by atoms with Gasteiger partial charge in [0, 0.05) is 18.5 Å². The molecule has 0 bridgehead atoms. The van der Waals surface area contributed by atoms with E-state index in [4.69, 9.17) is 4.74 Å². The lowest BCUT2D eigenvalue weighted by Gasteiger charge is -2.34. The van der Waals surface area contributed by atoms with Gasteiger partial charge in [-0.05, 0) is 56.6 Å². The molecular weight excluding hydrogens is 302 g/mol. The highest BCUT2D eigenvalue weighted by Gasteiger charge is 2.22. The van der Waals surface area contributed by atoms with Crippen molar-refractivity contribution in [1.82, 2.24) is 15.2 Å². The second-order valence-corrected chi connectivity index (χ2v) is 6.63. The molecule has 0 radical (unpaired) electrons. The summed E-state index contributed by atoms with van der Waals surface area (Å²) < 4.78 is 5.29. The maximum absolute atomic E-state index is 10.8.